The second kappa shape index (κ2) is 8.64. The van der Waals surface area contributed by atoms with Crippen LogP contribution in [-0.4, -0.2) is 4.98 Å². The molecule has 0 aliphatic carbocycles. The predicted octanol–water partition coefficient (Wildman–Crippen LogP) is 8.59. The lowest BCUT2D eigenvalue weighted by atomic mass is 10.0. The van der Waals surface area contributed by atoms with Crippen molar-refractivity contribution in [3.8, 4) is 28.7 Å². The van der Waals surface area contributed by atoms with Crippen molar-refractivity contribution >= 4 is 57.0 Å². The SMILES string of the molecule is N#CC(=Cc1ccc(-c2cc(Cl)ccc2Cl)o1)c1nc(-c2cccc3ccccc23)cs1. The van der Waals surface area contributed by atoms with E-state index >= 15 is 0 Å². The van der Waals surface area contributed by atoms with E-state index < -0.39 is 0 Å². The van der Waals surface area contributed by atoms with Gasteiger partial charge in [0.2, 0.25) is 0 Å². The van der Waals surface area contributed by atoms with Gasteiger partial charge in [-0.2, -0.15) is 5.26 Å². The molecule has 0 bridgehead atoms. The van der Waals surface area contributed by atoms with Gasteiger partial charge in [-0.25, -0.2) is 4.98 Å². The number of rotatable bonds is 4. The highest BCUT2D eigenvalue weighted by molar-refractivity contribution is 7.11. The minimum atomic E-state index is 0.430. The fraction of sp³-hybridized carbons (Fsp3) is 0. The van der Waals surface area contributed by atoms with E-state index in [0.29, 0.717) is 37.7 Å². The highest BCUT2D eigenvalue weighted by Gasteiger charge is 2.13. The van der Waals surface area contributed by atoms with Crippen molar-refractivity contribution in [2.24, 2.45) is 0 Å². The van der Waals surface area contributed by atoms with E-state index in [1.807, 2.05) is 35.7 Å². The van der Waals surface area contributed by atoms with Gasteiger partial charge in [-0.15, -0.1) is 11.3 Å². The Morgan fingerprint density at radius 3 is 2.69 bits per heavy atom. The first-order valence-corrected chi connectivity index (χ1v) is 11.4. The average Bonchev–Trinajstić information content (AvgIpc) is 3.49. The highest BCUT2D eigenvalue weighted by Crippen LogP contribution is 2.34. The highest BCUT2D eigenvalue weighted by atomic mass is 35.5. The average molecular weight is 473 g/mol. The number of nitrogens with zero attached hydrogens (tertiary/aromatic N) is 2. The van der Waals surface area contributed by atoms with Crippen molar-refractivity contribution in [3.05, 3.63) is 99.0 Å². The zero-order chi connectivity index (χ0) is 22.1. The monoisotopic (exact) mass is 472 g/mol. The van der Waals surface area contributed by atoms with Gasteiger partial charge in [0.1, 0.15) is 22.6 Å². The number of thiazole rings is 1. The first kappa shape index (κ1) is 20.5. The zero-order valence-corrected chi connectivity index (χ0v) is 18.9. The van der Waals surface area contributed by atoms with Gasteiger partial charge in [-0.05, 0) is 41.1 Å². The van der Waals surface area contributed by atoms with Gasteiger partial charge in [-0.3, -0.25) is 0 Å². The number of benzene rings is 3. The Bertz CT molecular complexity index is 1520. The maximum Gasteiger partial charge on any atom is 0.136 e. The predicted molar refractivity (Wildman–Crippen MR) is 133 cm³/mol. The van der Waals surface area contributed by atoms with Gasteiger partial charge in [0, 0.05) is 27.6 Å². The summed E-state index contributed by atoms with van der Waals surface area (Å²) < 4.78 is 5.91. The number of hydrogen-bond donors (Lipinski definition) is 0. The van der Waals surface area contributed by atoms with Crippen molar-refractivity contribution < 1.29 is 4.42 Å². The summed E-state index contributed by atoms with van der Waals surface area (Å²) in [4.78, 5) is 4.74. The molecule has 5 rings (SSSR count). The molecule has 0 aliphatic heterocycles. The van der Waals surface area contributed by atoms with Crippen LogP contribution in [0.25, 0.3) is 45.0 Å². The number of aromatic nitrogens is 1. The van der Waals surface area contributed by atoms with Crippen LogP contribution in [0, 0.1) is 11.3 Å². The minimum absolute atomic E-state index is 0.430. The summed E-state index contributed by atoms with van der Waals surface area (Å²) in [5, 5.41) is 15.8. The Labute approximate surface area is 198 Å². The second-order valence-electron chi connectivity index (χ2n) is 7.06. The molecule has 0 N–H and O–H groups in total. The molecule has 2 heterocycles. The molecule has 0 unspecified atom stereocenters. The van der Waals surface area contributed by atoms with Crippen molar-refractivity contribution in [3.63, 3.8) is 0 Å². The number of halogens is 2. The van der Waals surface area contributed by atoms with E-state index in [4.69, 9.17) is 32.6 Å². The summed E-state index contributed by atoms with van der Waals surface area (Å²) in [6.45, 7) is 0. The molecule has 0 saturated carbocycles. The summed E-state index contributed by atoms with van der Waals surface area (Å²) in [7, 11) is 0. The van der Waals surface area contributed by atoms with Crippen LogP contribution in [0.15, 0.2) is 82.6 Å². The van der Waals surface area contributed by atoms with Crippen LogP contribution in [0.5, 0.6) is 0 Å². The van der Waals surface area contributed by atoms with Crippen LogP contribution in [0.4, 0.5) is 0 Å². The molecule has 0 radical (unpaired) electrons. The van der Waals surface area contributed by atoms with Crippen molar-refractivity contribution in [1.82, 2.24) is 4.98 Å². The molecule has 5 aromatic rings. The van der Waals surface area contributed by atoms with Gasteiger partial charge >= 0.3 is 0 Å². The van der Waals surface area contributed by atoms with Crippen LogP contribution in [0.1, 0.15) is 10.8 Å². The van der Waals surface area contributed by atoms with Gasteiger partial charge in [0.05, 0.1) is 16.3 Å². The lowest BCUT2D eigenvalue weighted by molar-refractivity contribution is 0.572. The van der Waals surface area contributed by atoms with E-state index in [2.05, 4.69) is 24.3 Å². The summed E-state index contributed by atoms with van der Waals surface area (Å²) >= 11 is 13.8. The van der Waals surface area contributed by atoms with E-state index in [0.717, 1.165) is 22.0 Å². The smallest absolute Gasteiger partial charge is 0.136 e. The summed E-state index contributed by atoms with van der Waals surface area (Å²) in [5.74, 6) is 1.12. The Morgan fingerprint density at radius 1 is 0.969 bits per heavy atom. The van der Waals surface area contributed by atoms with E-state index in [-0.39, 0.29) is 0 Å². The molecule has 0 fully saturated rings. The van der Waals surface area contributed by atoms with E-state index in [1.165, 1.54) is 11.3 Å². The fourth-order valence-electron chi connectivity index (χ4n) is 3.52. The number of nitriles is 1. The van der Waals surface area contributed by atoms with Crippen LogP contribution in [0.3, 0.4) is 0 Å². The third-order valence-corrected chi connectivity index (χ3v) is 6.47. The molecule has 154 valence electrons. The first-order valence-electron chi connectivity index (χ1n) is 9.73. The lowest BCUT2D eigenvalue weighted by Crippen LogP contribution is -1.84. The van der Waals surface area contributed by atoms with Gasteiger partial charge in [0.15, 0.2) is 0 Å². The van der Waals surface area contributed by atoms with Gasteiger partial charge in [-0.1, -0.05) is 65.7 Å². The van der Waals surface area contributed by atoms with Crippen molar-refractivity contribution in [1.29, 1.82) is 5.26 Å². The Balaban J connectivity index is 1.49. The molecule has 0 saturated heterocycles. The third kappa shape index (κ3) is 3.94. The van der Waals surface area contributed by atoms with Crippen molar-refractivity contribution in [2.45, 2.75) is 0 Å². The zero-order valence-electron chi connectivity index (χ0n) is 16.5. The van der Waals surface area contributed by atoms with Crippen LogP contribution in [-0.2, 0) is 0 Å². The molecule has 32 heavy (non-hydrogen) atoms. The first-order chi connectivity index (χ1) is 15.6. The van der Waals surface area contributed by atoms with Crippen LogP contribution in [0.2, 0.25) is 10.0 Å². The molecule has 0 atom stereocenters. The van der Waals surface area contributed by atoms with Crippen molar-refractivity contribution in [2.75, 3.05) is 0 Å². The van der Waals surface area contributed by atoms with E-state index in [1.54, 1.807) is 30.3 Å². The lowest BCUT2D eigenvalue weighted by Gasteiger charge is -2.03. The van der Waals surface area contributed by atoms with Gasteiger partial charge < -0.3 is 4.42 Å². The Hall–Kier alpha value is -3.36. The summed E-state index contributed by atoms with van der Waals surface area (Å²) in [6.07, 6.45) is 1.69. The number of furan rings is 1. The molecular formula is C26H14Cl2N2OS. The Kier molecular flexibility index (Phi) is 5.55. The molecular weight excluding hydrogens is 459 g/mol. The molecule has 6 heteroatoms. The molecule has 0 aliphatic rings. The van der Waals surface area contributed by atoms with E-state index in [9.17, 15) is 5.26 Å². The van der Waals surface area contributed by atoms with Crippen LogP contribution < -0.4 is 0 Å². The maximum atomic E-state index is 9.76. The molecule has 3 aromatic carbocycles. The standard InChI is InChI=1S/C26H14Cl2N2OS/c27-18-8-10-23(28)22(13-18)25-11-9-19(31-25)12-17(14-29)26-30-24(15-32-26)21-7-3-5-16-4-1-2-6-20(16)21/h1-13,15H. The second-order valence-corrected chi connectivity index (χ2v) is 8.76. The number of fused-ring (bicyclic) bond motifs is 1. The molecule has 2 aromatic heterocycles. The number of allylic oxidation sites excluding steroid dienone is 1. The van der Waals surface area contributed by atoms with Gasteiger partial charge in [0.25, 0.3) is 0 Å². The normalized spacial score (nSPS) is 11.6. The molecule has 3 nitrogen and oxygen atoms in total. The summed E-state index contributed by atoms with van der Waals surface area (Å²) in [5.41, 5.74) is 3.01. The topological polar surface area (TPSA) is 49.8 Å². The Morgan fingerprint density at radius 2 is 1.81 bits per heavy atom. The maximum absolute atomic E-state index is 9.76. The molecule has 0 spiro atoms. The minimum Gasteiger partial charge on any atom is -0.457 e. The molecule has 0 amide bonds. The largest absolute Gasteiger partial charge is 0.457 e. The fourth-order valence-corrected chi connectivity index (χ4v) is 4.68. The van der Waals surface area contributed by atoms with Crippen LogP contribution >= 0.6 is 34.5 Å². The quantitative estimate of drug-likeness (QED) is 0.246. The number of hydrogen-bond acceptors (Lipinski definition) is 4. The third-order valence-electron chi connectivity index (χ3n) is 5.03. The summed E-state index contributed by atoms with van der Waals surface area (Å²) in [6, 6.07) is 25.4.